The molecule has 2 heterocycles. The monoisotopic (exact) mass is 397 g/mol. The summed E-state index contributed by atoms with van der Waals surface area (Å²) in [6.07, 6.45) is 1.50. The van der Waals surface area contributed by atoms with Gasteiger partial charge in [0.25, 0.3) is 5.91 Å². The zero-order valence-electron chi connectivity index (χ0n) is 16.4. The summed E-state index contributed by atoms with van der Waals surface area (Å²) in [6.45, 7) is 4.59. The highest BCUT2D eigenvalue weighted by Crippen LogP contribution is 2.23. The molecule has 2 aromatic carbocycles. The van der Waals surface area contributed by atoms with Crippen LogP contribution in [0.3, 0.4) is 0 Å². The Bertz CT molecular complexity index is 861. The van der Waals surface area contributed by atoms with Crippen molar-refractivity contribution in [2.75, 3.05) is 54.4 Å². The number of rotatable bonds is 5. The van der Waals surface area contributed by atoms with E-state index in [1.807, 2.05) is 24.3 Å². The van der Waals surface area contributed by atoms with E-state index in [-0.39, 0.29) is 17.6 Å². The van der Waals surface area contributed by atoms with Gasteiger partial charge in [-0.25, -0.2) is 4.39 Å². The number of piperazine rings is 1. The van der Waals surface area contributed by atoms with Crippen LogP contribution in [0.4, 0.5) is 21.5 Å². The van der Waals surface area contributed by atoms with Crippen molar-refractivity contribution < 1.29 is 18.9 Å². The van der Waals surface area contributed by atoms with Crippen molar-refractivity contribution >= 4 is 28.9 Å². The summed E-state index contributed by atoms with van der Waals surface area (Å²) in [6, 6.07) is 14.0. The fraction of sp³-hybridized carbons (Fsp3) is 0.364. The molecule has 2 N–H and O–H groups in total. The van der Waals surface area contributed by atoms with Crippen LogP contribution in [0, 0.1) is 5.82 Å². The average Bonchev–Trinajstić information content (AvgIpc) is 3.16. The Kier molecular flexibility index (Phi) is 5.76. The summed E-state index contributed by atoms with van der Waals surface area (Å²) < 4.78 is 13.1. The van der Waals surface area contributed by atoms with Gasteiger partial charge < -0.3 is 20.0 Å². The summed E-state index contributed by atoms with van der Waals surface area (Å²) in [7, 11) is 0. The standard InChI is InChI=1S/C22H25FN4O2/c23-17-3-7-19(8-4-17)26-14-12-25(13-15-26)16-21(28)24-18-5-9-20(10-6-18)27-11-1-2-22(27)29/h3-10H,1-2,11-16H2,(H,24,28)/p+1. The van der Waals surface area contributed by atoms with E-state index in [1.54, 1.807) is 17.0 Å². The molecule has 0 aliphatic carbocycles. The molecule has 6 nitrogen and oxygen atoms in total. The summed E-state index contributed by atoms with van der Waals surface area (Å²) in [4.78, 5) is 29.5. The molecule has 2 aromatic rings. The van der Waals surface area contributed by atoms with Gasteiger partial charge in [-0.05, 0) is 55.0 Å². The second-order valence-electron chi connectivity index (χ2n) is 7.63. The number of halogens is 1. The fourth-order valence-corrected chi connectivity index (χ4v) is 3.99. The van der Waals surface area contributed by atoms with E-state index in [0.29, 0.717) is 13.0 Å². The highest BCUT2D eigenvalue weighted by molar-refractivity contribution is 5.96. The summed E-state index contributed by atoms with van der Waals surface area (Å²) in [5.41, 5.74) is 2.65. The van der Waals surface area contributed by atoms with Gasteiger partial charge in [0, 0.05) is 30.0 Å². The van der Waals surface area contributed by atoms with Gasteiger partial charge in [-0.1, -0.05) is 0 Å². The molecule has 0 unspecified atom stereocenters. The summed E-state index contributed by atoms with van der Waals surface area (Å²) in [5.74, 6) is -0.0832. The Morgan fingerprint density at radius 3 is 2.24 bits per heavy atom. The van der Waals surface area contributed by atoms with Crippen molar-refractivity contribution in [1.82, 2.24) is 0 Å². The maximum atomic E-state index is 13.1. The first-order chi connectivity index (χ1) is 14.1. The van der Waals surface area contributed by atoms with Gasteiger partial charge in [0.1, 0.15) is 5.82 Å². The van der Waals surface area contributed by atoms with E-state index in [1.165, 1.54) is 17.0 Å². The fourth-order valence-electron chi connectivity index (χ4n) is 3.99. The maximum absolute atomic E-state index is 13.1. The number of nitrogens with one attached hydrogen (secondary N) is 2. The third-order valence-electron chi connectivity index (χ3n) is 5.61. The smallest absolute Gasteiger partial charge is 0.279 e. The number of hydrogen-bond acceptors (Lipinski definition) is 3. The molecule has 2 amide bonds. The number of carbonyl (C=O) groups is 2. The lowest BCUT2D eigenvalue weighted by molar-refractivity contribution is -0.892. The van der Waals surface area contributed by atoms with Crippen LogP contribution in [0.15, 0.2) is 48.5 Å². The largest absolute Gasteiger partial charge is 0.360 e. The molecule has 0 saturated carbocycles. The van der Waals surface area contributed by atoms with E-state index in [2.05, 4.69) is 10.2 Å². The van der Waals surface area contributed by atoms with E-state index >= 15 is 0 Å². The normalized spacial score (nSPS) is 17.6. The van der Waals surface area contributed by atoms with Crippen molar-refractivity contribution in [3.63, 3.8) is 0 Å². The van der Waals surface area contributed by atoms with Crippen LogP contribution in [-0.4, -0.2) is 51.1 Å². The van der Waals surface area contributed by atoms with E-state index in [4.69, 9.17) is 0 Å². The van der Waals surface area contributed by atoms with Crippen LogP contribution < -0.4 is 20.0 Å². The second-order valence-corrected chi connectivity index (χ2v) is 7.63. The van der Waals surface area contributed by atoms with Gasteiger partial charge in [-0.2, -0.15) is 0 Å². The number of hydrogen-bond donors (Lipinski definition) is 2. The molecule has 2 saturated heterocycles. The van der Waals surface area contributed by atoms with Crippen molar-refractivity contribution in [3.8, 4) is 0 Å². The van der Waals surface area contributed by atoms with Crippen molar-refractivity contribution in [3.05, 3.63) is 54.3 Å². The minimum Gasteiger partial charge on any atom is -0.360 e. The van der Waals surface area contributed by atoms with Crippen LogP contribution in [0.5, 0.6) is 0 Å². The number of nitrogens with zero attached hydrogens (tertiary/aromatic N) is 2. The Morgan fingerprint density at radius 2 is 1.62 bits per heavy atom. The molecule has 0 aromatic heterocycles. The Labute approximate surface area is 169 Å². The predicted molar refractivity (Wildman–Crippen MR) is 111 cm³/mol. The maximum Gasteiger partial charge on any atom is 0.279 e. The third kappa shape index (κ3) is 4.74. The van der Waals surface area contributed by atoms with E-state index in [0.717, 1.165) is 56.2 Å². The van der Waals surface area contributed by atoms with Crippen molar-refractivity contribution in [2.24, 2.45) is 0 Å². The van der Waals surface area contributed by atoms with Crippen LogP contribution >= 0.6 is 0 Å². The van der Waals surface area contributed by atoms with Gasteiger partial charge in [-0.15, -0.1) is 0 Å². The first-order valence-electron chi connectivity index (χ1n) is 10.1. The van der Waals surface area contributed by atoms with Gasteiger partial charge >= 0.3 is 0 Å². The highest BCUT2D eigenvalue weighted by Gasteiger charge is 2.23. The molecule has 7 heteroatoms. The van der Waals surface area contributed by atoms with E-state index < -0.39 is 0 Å². The quantitative estimate of drug-likeness (QED) is 0.800. The van der Waals surface area contributed by atoms with Gasteiger partial charge in [-0.3, -0.25) is 9.59 Å². The average molecular weight is 397 g/mol. The molecule has 2 aliphatic heterocycles. The lowest BCUT2D eigenvalue weighted by Crippen LogP contribution is -3.15. The van der Waals surface area contributed by atoms with Gasteiger partial charge in [0.15, 0.2) is 6.54 Å². The SMILES string of the molecule is O=C(C[NH+]1CCN(c2ccc(F)cc2)CC1)Nc1ccc(N2CCCC2=O)cc1. The lowest BCUT2D eigenvalue weighted by atomic mass is 10.2. The highest BCUT2D eigenvalue weighted by atomic mass is 19.1. The topological polar surface area (TPSA) is 57.1 Å². The zero-order valence-corrected chi connectivity index (χ0v) is 16.4. The number of anilines is 3. The number of amides is 2. The van der Waals surface area contributed by atoms with Crippen molar-refractivity contribution in [1.29, 1.82) is 0 Å². The Hall–Kier alpha value is -2.93. The van der Waals surface area contributed by atoms with E-state index in [9.17, 15) is 14.0 Å². The molecule has 29 heavy (non-hydrogen) atoms. The number of benzene rings is 2. The molecule has 2 fully saturated rings. The summed E-state index contributed by atoms with van der Waals surface area (Å²) >= 11 is 0. The van der Waals surface area contributed by atoms with Crippen LogP contribution in [-0.2, 0) is 9.59 Å². The lowest BCUT2D eigenvalue weighted by Gasteiger charge is -2.33. The molecular formula is C22H26FN4O2+. The van der Waals surface area contributed by atoms with Crippen LogP contribution in [0.1, 0.15) is 12.8 Å². The Balaban J connectivity index is 1.25. The number of carbonyl (C=O) groups excluding carboxylic acids is 2. The molecule has 0 bridgehead atoms. The third-order valence-corrected chi connectivity index (χ3v) is 5.61. The molecule has 2 aliphatic rings. The van der Waals surface area contributed by atoms with Crippen LogP contribution in [0.2, 0.25) is 0 Å². The minimum atomic E-state index is -0.227. The molecular weight excluding hydrogens is 371 g/mol. The van der Waals surface area contributed by atoms with Crippen molar-refractivity contribution in [2.45, 2.75) is 12.8 Å². The molecule has 0 spiro atoms. The second kappa shape index (κ2) is 8.61. The number of quaternary nitrogens is 1. The summed E-state index contributed by atoms with van der Waals surface area (Å²) in [5, 5.41) is 2.95. The zero-order chi connectivity index (χ0) is 20.2. The van der Waals surface area contributed by atoms with Gasteiger partial charge in [0.2, 0.25) is 5.91 Å². The first kappa shape index (κ1) is 19.4. The molecule has 0 atom stereocenters. The molecule has 0 radical (unpaired) electrons. The predicted octanol–water partition coefficient (Wildman–Crippen LogP) is 1.30. The van der Waals surface area contributed by atoms with Gasteiger partial charge in [0.05, 0.1) is 26.2 Å². The molecule has 4 rings (SSSR count). The minimum absolute atomic E-state index is 0.0137. The molecule has 152 valence electrons. The first-order valence-corrected chi connectivity index (χ1v) is 10.1. The Morgan fingerprint density at radius 1 is 0.966 bits per heavy atom. The van der Waals surface area contributed by atoms with Crippen LogP contribution in [0.25, 0.3) is 0 Å².